The molecule has 1 aromatic carbocycles. The van der Waals surface area contributed by atoms with Crippen LogP contribution in [0.15, 0.2) is 41.9 Å². The molecule has 0 saturated heterocycles. The molecule has 0 radical (unpaired) electrons. The van der Waals surface area contributed by atoms with E-state index in [1.54, 1.807) is 5.38 Å². The number of fused-ring (bicyclic) bond motifs is 1. The van der Waals surface area contributed by atoms with Crippen molar-refractivity contribution in [1.82, 2.24) is 4.57 Å². The van der Waals surface area contributed by atoms with Crippen molar-refractivity contribution in [3.63, 3.8) is 0 Å². The van der Waals surface area contributed by atoms with E-state index >= 15 is 0 Å². The number of hydrogen-bond donors (Lipinski definition) is 1. The average Bonchev–Trinajstić information content (AvgIpc) is 2.98. The van der Waals surface area contributed by atoms with Crippen LogP contribution in [0.5, 0.6) is 0 Å². The number of aromatic nitrogens is 1. The van der Waals surface area contributed by atoms with Crippen LogP contribution in [-0.2, 0) is 6.54 Å². The quantitative estimate of drug-likeness (QED) is 0.789. The Morgan fingerprint density at radius 3 is 2.95 bits per heavy atom. The predicted molar refractivity (Wildman–Crippen MR) is 77.3 cm³/mol. The molecule has 0 aliphatic heterocycles. The number of thiophene rings is 1. The minimum atomic E-state index is -0.875. The van der Waals surface area contributed by atoms with Crippen LogP contribution in [0.4, 0.5) is 0 Å². The molecule has 0 aliphatic rings. The molecule has 2 heterocycles. The van der Waals surface area contributed by atoms with E-state index in [0.717, 1.165) is 16.5 Å². The first-order valence-electron chi connectivity index (χ1n) is 5.70. The van der Waals surface area contributed by atoms with Gasteiger partial charge in [-0.1, -0.05) is 17.7 Å². The smallest absolute Gasteiger partial charge is 0.346 e. The van der Waals surface area contributed by atoms with Crippen molar-refractivity contribution >= 4 is 39.8 Å². The van der Waals surface area contributed by atoms with Gasteiger partial charge in [0.05, 0.1) is 0 Å². The van der Waals surface area contributed by atoms with Gasteiger partial charge in [0.2, 0.25) is 0 Å². The maximum atomic E-state index is 11.1. The number of carboxylic acids is 1. The molecule has 0 aliphatic carbocycles. The normalized spacial score (nSPS) is 11.0. The van der Waals surface area contributed by atoms with Crippen molar-refractivity contribution in [2.75, 3.05) is 0 Å². The molecule has 0 bridgehead atoms. The van der Waals surface area contributed by atoms with Crippen LogP contribution >= 0.6 is 22.9 Å². The number of hydrogen-bond acceptors (Lipinski definition) is 2. The van der Waals surface area contributed by atoms with E-state index in [-0.39, 0.29) is 0 Å². The Bertz CT molecular complexity index is 760. The molecule has 3 rings (SSSR count). The molecule has 0 spiro atoms. The molecule has 3 nitrogen and oxygen atoms in total. The minimum Gasteiger partial charge on any atom is -0.477 e. The van der Waals surface area contributed by atoms with Crippen molar-refractivity contribution in [3.8, 4) is 0 Å². The summed E-state index contributed by atoms with van der Waals surface area (Å²) in [7, 11) is 0. The summed E-state index contributed by atoms with van der Waals surface area (Å²) >= 11 is 7.38. The second-order valence-electron chi connectivity index (χ2n) is 4.20. The zero-order valence-electron chi connectivity index (χ0n) is 9.84. The Morgan fingerprint density at radius 2 is 2.16 bits per heavy atom. The number of rotatable bonds is 3. The minimum absolute atomic E-state index is 0.392. The maximum absolute atomic E-state index is 11.1. The van der Waals surface area contributed by atoms with E-state index < -0.39 is 5.97 Å². The third kappa shape index (κ3) is 2.13. The summed E-state index contributed by atoms with van der Waals surface area (Å²) in [6.45, 7) is 0.537. The van der Waals surface area contributed by atoms with Crippen molar-refractivity contribution in [2.45, 2.75) is 6.54 Å². The van der Waals surface area contributed by atoms with Gasteiger partial charge in [0.25, 0.3) is 0 Å². The SMILES string of the molecule is O=C(O)c1sccc1Cn1ccc2c(Cl)cccc21. The first kappa shape index (κ1) is 12.3. The summed E-state index contributed by atoms with van der Waals surface area (Å²) in [6.07, 6.45) is 1.93. The number of carboxylic acid groups (broad SMARTS) is 1. The summed E-state index contributed by atoms with van der Waals surface area (Å²) in [4.78, 5) is 11.5. The van der Waals surface area contributed by atoms with Gasteiger partial charge in [-0.15, -0.1) is 11.3 Å². The summed E-state index contributed by atoms with van der Waals surface area (Å²) < 4.78 is 2.01. The Balaban J connectivity index is 2.04. The van der Waals surface area contributed by atoms with E-state index in [2.05, 4.69) is 0 Å². The highest BCUT2D eigenvalue weighted by Crippen LogP contribution is 2.26. The molecule has 0 saturated carbocycles. The highest BCUT2D eigenvalue weighted by molar-refractivity contribution is 7.12. The molecule has 0 fully saturated rings. The number of carbonyl (C=O) groups is 1. The number of benzene rings is 1. The molecule has 0 atom stereocenters. The van der Waals surface area contributed by atoms with Gasteiger partial charge in [0, 0.05) is 28.7 Å². The number of aromatic carboxylic acids is 1. The first-order chi connectivity index (χ1) is 9.16. The highest BCUT2D eigenvalue weighted by atomic mass is 35.5. The van der Waals surface area contributed by atoms with E-state index in [4.69, 9.17) is 16.7 Å². The van der Waals surface area contributed by atoms with Gasteiger partial charge in [-0.05, 0) is 35.2 Å². The lowest BCUT2D eigenvalue weighted by atomic mass is 10.2. The van der Waals surface area contributed by atoms with E-state index in [0.29, 0.717) is 16.4 Å². The Morgan fingerprint density at radius 1 is 1.32 bits per heavy atom. The van der Waals surface area contributed by atoms with Crippen molar-refractivity contribution in [3.05, 3.63) is 57.4 Å². The van der Waals surface area contributed by atoms with Crippen molar-refractivity contribution < 1.29 is 9.90 Å². The van der Waals surface area contributed by atoms with Gasteiger partial charge in [0.15, 0.2) is 0 Å². The van der Waals surface area contributed by atoms with Crippen molar-refractivity contribution in [2.24, 2.45) is 0 Å². The Labute approximate surface area is 118 Å². The van der Waals surface area contributed by atoms with Gasteiger partial charge in [-0.2, -0.15) is 0 Å². The van der Waals surface area contributed by atoms with Gasteiger partial charge >= 0.3 is 5.97 Å². The monoisotopic (exact) mass is 291 g/mol. The maximum Gasteiger partial charge on any atom is 0.346 e. The topological polar surface area (TPSA) is 42.2 Å². The molecular formula is C14H10ClNO2S. The Kier molecular flexibility index (Phi) is 3.05. The molecule has 5 heteroatoms. The summed E-state index contributed by atoms with van der Waals surface area (Å²) in [6, 6.07) is 9.53. The molecular weight excluding hydrogens is 282 g/mol. The fourth-order valence-corrected chi connectivity index (χ4v) is 3.14. The third-order valence-corrected chi connectivity index (χ3v) is 4.32. The van der Waals surface area contributed by atoms with Gasteiger partial charge < -0.3 is 9.67 Å². The van der Waals surface area contributed by atoms with E-state index in [1.807, 2.05) is 41.1 Å². The second-order valence-corrected chi connectivity index (χ2v) is 5.52. The van der Waals surface area contributed by atoms with Crippen molar-refractivity contribution in [1.29, 1.82) is 0 Å². The molecule has 1 N–H and O–H groups in total. The summed E-state index contributed by atoms with van der Waals surface area (Å²) in [5.74, 6) is -0.875. The zero-order valence-corrected chi connectivity index (χ0v) is 11.4. The molecule has 0 amide bonds. The number of nitrogens with zero attached hydrogens (tertiary/aromatic N) is 1. The van der Waals surface area contributed by atoms with E-state index in [9.17, 15) is 4.79 Å². The summed E-state index contributed by atoms with van der Waals surface area (Å²) in [5, 5.41) is 12.6. The van der Waals surface area contributed by atoms with Crippen LogP contribution in [0.25, 0.3) is 10.9 Å². The predicted octanol–water partition coefficient (Wildman–Crippen LogP) is 4.10. The second kappa shape index (κ2) is 4.72. The van der Waals surface area contributed by atoms with Gasteiger partial charge in [-0.3, -0.25) is 0 Å². The van der Waals surface area contributed by atoms with Crippen LogP contribution in [0.3, 0.4) is 0 Å². The van der Waals surface area contributed by atoms with Gasteiger partial charge in [-0.25, -0.2) is 4.79 Å². The molecule has 96 valence electrons. The van der Waals surface area contributed by atoms with Crippen LogP contribution in [-0.4, -0.2) is 15.6 Å². The Hall–Kier alpha value is -1.78. The van der Waals surface area contributed by atoms with E-state index in [1.165, 1.54) is 11.3 Å². The fourth-order valence-electron chi connectivity index (χ4n) is 2.16. The molecule has 19 heavy (non-hydrogen) atoms. The zero-order chi connectivity index (χ0) is 13.4. The van der Waals surface area contributed by atoms with Crippen LogP contribution in [0.1, 0.15) is 15.2 Å². The summed E-state index contributed by atoms with van der Waals surface area (Å²) in [5.41, 5.74) is 1.82. The largest absolute Gasteiger partial charge is 0.477 e. The number of halogens is 1. The average molecular weight is 292 g/mol. The van der Waals surface area contributed by atoms with Gasteiger partial charge in [0.1, 0.15) is 4.88 Å². The standard InChI is InChI=1S/C14H10ClNO2S/c15-11-2-1-3-12-10(11)4-6-16(12)8-9-5-7-19-13(9)14(17)18/h1-7H,8H2,(H,17,18). The fraction of sp³-hybridized carbons (Fsp3) is 0.0714. The van der Waals surface area contributed by atoms with Crippen LogP contribution in [0.2, 0.25) is 5.02 Å². The third-order valence-electron chi connectivity index (χ3n) is 3.04. The highest BCUT2D eigenvalue weighted by Gasteiger charge is 2.13. The lowest BCUT2D eigenvalue weighted by molar-refractivity contribution is 0.0701. The molecule has 0 unspecified atom stereocenters. The lowest BCUT2D eigenvalue weighted by Crippen LogP contribution is -2.03. The van der Waals surface area contributed by atoms with Crippen LogP contribution in [0, 0.1) is 0 Å². The van der Waals surface area contributed by atoms with Crippen LogP contribution < -0.4 is 0 Å². The molecule has 3 aromatic rings. The first-order valence-corrected chi connectivity index (χ1v) is 6.95. The molecule has 2 aromatic heterocycles. The lowest BCUT2D eigenvalue weighted by Gasteiger charge is -2.05.